The summed E-state index contributed by atoms with van der Waals surface area (Å²) in [6, 6.07) is 6.80. The number of nitrogens with one attached hydrogen (secondary N) is 2. The minimum absolute atomic E-state index is 0.0792. The Labute approximate surface area is 133 Å². The topological polar surface area (TPSA) is 142 Å². The molecule has 0 unspecified atom stereocenters. The summed E-state index contributed by atoms with van der Waals surface area (Å²) >= 11 is 0. The molecule has 23 heavy (non-hydrogen) atoms. The zero-order valence-corrected chi connectivity index (χ0v) is 12.4. The predicted octanol–water partition coefficient (Wildman–Crippen LogP) is -2.75. The molecule has 8 heteroatoms. The summed E-state index contributed by atoms with van der Waals surface area (Å²) in [5.74, 6) is -0.647. The lowest BCUT2D eigenvalue weighted by Gasteiger charge is -2.41. The Bertz CT molecular complexity index is 512. The molecule has 2 rings (SSSR count). The van der Waals surface area contributed by atoms with Crippen LogP contribution >= 0.6 is 0 Å². The van der Waals surface area contributed by atoms with Gasteiger partial charge in [0.2, 0.25) is 0 Å². The summed E-state index contributed by atoms with van der Waals surface area (Å²) in [4.78, 5) is 12.0. The molecule has 0 bridgehead atoms. The van der Waals surface area contributed by atoms with E-state index in [1.165, 1.54) is 0 Å². The largest absolute Gasteiger partial charge is 0.395 e. The molecular formula is C15H22N2O6. The van der Waals surface area contributed by atoms with Crippen molar-refractivity contribution in [2.75, 3.05) is 13.2 Å². The van der Waals surface area contributed by atoms with Crippen LogP contribution in [0.3, 0.4) is 0 Å². The first kappa shape index (κ1) is 17.8. The third kappa shape index (κ3) is 4.05. The number of carbonyl (C=O) groups is 1. The normalized spacial score (nSPS) is 32.3. The van der Waals surface area contributed by atoms with Crippen LogP contribution in [-0.4, -0.2) is 75.0 Å². The van der Waals surface area contributed by atoms with Crippen molar-refractivity contribution in [1.29, 1.82) is 0 Å². The third-order valence-corrected chi connectivity index (χ3v) is 4.01. The van der Waals surface area contributed by atoms with Crippen LogP contribution in [0.5, 0.6) is 0 Å². The van der Waals surface area contributed by atoms with E-state index in [2.05, 4.69) is 10.6 Å². The van der Waals surface area contributed by atoms with Crippen molar-refractivity contribution in [3.8, 4) is 0 Å². The van der Waals surface area contributed by atoms with Crippen LogP contribution in [-0.2, 0) is 4.79 Å². The van der Waals surface area contributed by atoms with E-state index in [1.807, 2.05) is 0 Å². The Hall–Kier alpha value is -1.55. The second-order valence-corrected chi connectivity index (χ2v) is 5.59. The summed E-state index contributed by atoms with van der Waals surface area (Å²) in [5, 5.41) is 53.7. The highest BCUT2D eigenvalue weighted by Gasteiger charge is 2.42. The van der Waals surface area contributed by atoms with Crippen LogP contribution in [0, 0.1) is 0 Å². The molecule has 1 amide bonds. The van der Waals surface area contributed by atoms with Gasteiger partial charge in [-0.1, -0.05) is 30.3 Å². The number of amides is 1. The molecular weight excluding hydrogens is 304 g/mol. The first-order valence-electron chi connectivity index (χ1n) is 7.37. The van der Waals surface area contributed by atoms with Gasteiger partial charge in [0.1, 0.15) is 6.10 Å². The molecule has 0 aliphatic carbocycles. The van der Waals surface area contributed by atoms with Crippen LogP contribution < -0.4 is 10.6 Å². The van der Waals surface area contributed by atoms with E-state index in [-0.39, 0.29) is 6.54 Å². The monoisotopic (exact) mass is 326 g/mol. The lowest BCUT2D eigenvalue weighted by molar-refractivity contribution is -0.132. The van der Waals surface area contributed by atoms with Crippen molar-refractivity contribution in [1.82, 2.24) is 10.6 Å². The maximum absolute atomic E-state index is 12.0. The van der Waals surface area contributed by atoms with E-state index in [0.717, 1.165) is 0 Å². The quantitative estimate of drug-likeness (QED) is 0.311. The van der Waals surface area contributed by atoms with Gasteiger partial charge in [-0.05, 0) is 5.56 Å². The molecule has 0 radical (unpaired) electrons. The zero-order chi connectivity index (χ0) is 17.0. The standard InChI is InChI=1S/C15H22N2O6/c18-7-10-13(21)14(22)12(20)9(17-10)6-16-15(23)11(19)8-4-2-1-3-5-8/h1-5,9-14,17-22H,6-7H2,(H,16,23)/t9-,10-,11+,12+,13+,14-/m1/s1. The predicted molar refractivity (Wildman–Crippen MR) is 80.2 cm³/mol. The summed E-state index contributed by atoms with van der Waals surface area (Å²) < 4.78 is 0. The number of carbonyl (C=O) groups excluding carboxylic acids is 1. The summed E-state index contributed by atoms with van der Waals surface area (Å²) in [7, 11) is 0. The van der Waals surface area contributed by atoms with Crippen LogP contribution in [0.1, 0.15) is 11.7 Å². The van der Waals surface area contributed by atoms with Gasteiger partial charge in [-0.2, -0.15) is 0 Å². The lowest BCUT2D eigenvalue weighted by Crippen LogP contribution is -2.68. The molecule has 1 aliphatic rings. The van der Waals surface area contributed by atoms with Gasteiger partial charge in [0.25, 0.3) is 5.91 Å². The van der Waals surface area contributed by atoms with E-state index in [4.69, 9.17) is 5.11 Å². The Kier molecular flexibility index (Phi) is 6.05. The average molecular weight is 326 g/mol. The minimum Gasteiger partial charge on any atom is -0.395 e. The molecule has 1 heterocycles. The lowest BCUT2D eigenvalue weighted by atomic mass is 9.90. The molecule has 7 N–H and O–H groups in total. The van der Waals surface area contributed by atoms with Crippen molar-refractivity contribution >= 4 is 5.91 Å². The number of hydrogen-bond donors (Lipinski definition) is 7. The molecule has 1 fully saturated rings. The van der Waals surface area contributed by atoms with Crippen LogP contribution in [0.2, 0.25) is 0 Å². The molecule has 1 aliphatic heterocycles. The van der Waals surface area contributed by atoms with Gasteiger partial charge in [0.05, 0.1) is 30.9 Å². The molecule has 0 saturated carbocycles. The van der Waals surface area contributed by atoms with Gasteiger partial charge in [-0.15, -0.1) is 0 Å². The van der Waals surface area contributed by atoms with Crippen LogP contribution in [0.4, 0.5) is 0 Å². The second-order valence-electron chi connectivity index (χ2n) is 5.59. The smallest absolute Gasteiger partial charge is 0.253 e. The Morgan fingerprint density at radius 2 is 1.70 bits per heavy atom. The van der Waals surface area contributed by atoms with Gasteiger partial charge >= 0.3 is 0 Å². The van der Waals surface area contributed by atoms with E-state index in [0.29, 0.717) is 5.56 Å². The second kappa shape index (κ2) is 7.82. The van der Waals surface area contributed by atoms with Gasteiger partial charge in [-0.3, -0.25) is 4.79 Å². The van der Waals surface area contributed by atoms with Gasteiger partial charge in [-0.25, -0.2) is 0 Å². The Morgan fingerprint density at radius 3 is 2.30 bits per heavy atom. The number of aliphatic hydroxyl groups is 5. The third-order valence-electron chi connectivity index (χ3n) is 4.01. The molecule has 0 spiro atoms. The summed E-state index contributed by atoms with van der Waals surface area (Å²) in [6.07, 6.45) is -5.41. The van der Waals surface area contributed by atoms with Gasteiger partial charge in [0, 0.05) is 6.54 Å². The maximum Gasteiger partial charge on any atom is 0.253 e. The van der Waals surface area contributed by atoms with E-state index in [1.54, 1.807) is 30.3 Å². The van der Waals surface area contributed by atoms with Gasteiger partial charge in [0.15, 0.2) is 6.10 Å². The SMILES string of the molecule is O=C(NC[C@H]1N[C@H](CO)[C@H](O)[C@H](O)[C@H]1O)[C@@H](O)c1ccccc1. The molecule has 1 aromatic carbocycles. The molecule has 128 valence electrons. The summed E-state index contributed by atoms with van der Waals surface area (Å²) in [6.45, 7) is -0.508. The maximum atomic E-state index is 12.0. The highest BCUT2D eigenvalue weighted by atomic mass is 16.4. The minimum atomic E-state index is -1.44. The van der Waals surface area contributed by atoms with Crippen LogP contribution in [0.25, 0.3) is 0 Å². The number of benzene rings is 1. The van der Waals surface area contributed by atoms with Crippen molar-refractivity contribution in [2.24, 2.45) is 0 Å². The molecule has 0 aromatic heterocycles. The molecule has 1 aromatic rings. The van der Waals surface area contributed by atoms with Crippen molar-refractivity contribution in [2.45, 2.75) is 36.5 Å². The van der Waals surface area contributed by atoms with Crippen molar-refractivity contribution in [3.63, 3.8) is 0 Å². The fraction of sp³-hybridized carbons (Fsp3) is 0.533. The first-order chi connectivity index (χ1) is 11.0. The number of rotatable bonds is 5. The number of hydrogen-bond acceptors (Lipinski definition) is 7. The molecule has 8 nitrogen and oxygen atoms in total. The fourth-order valence-corrected chi connectivity index (χ4v) is 2.58. The van der Waals surface area contributed by atoms with Crippen molar-refractivity contribution < 1.29 is 30.3 Å². The van der Waals surface area contributed by atoms with Crippen molar-refractivity contribution in [3.05, 3.63) is 35.9 Å². The Morgan fingerprint density at radius 1 is 1.09 bits per heavy atom. The van der Waals surface area contributed by atoms with Gasteiger partial charge < -0.3 is 36.2 Å². The average Bonchev–Trinajstić information content (AvgIpc) is 2.59. The highest BCUT2D eigenvalue weighted by Crippen LogP contribution is 2.16. The van der Waals surface area contributed by atoms with E-state index >= 15 is 0 Å². The fourth-order valence-electron chi connectivity index (χ4n) is 2.58. The Balaban J connectivity index is 1.93. The van der Waals surface area contributed by atoms with Crippen LogP contribution in [0.15, 0.2) is 30.3 Å². The highest BCUT2D eigenvalue weighted by molar-refractivity contribution is 5.81. The number of piperidine rings is 1. The number of aliphatic hydroxyl groups excluding tert-OH is 5. The van der Waals surface area contributed by atoms with E-state index < -0.39 is 49.0 Å². The zero-order valence-electron chi connectivity index (χ0n) is 12.4. The van der Waals surface area contributed by atoms with E-state index in [9.17, 15) is 25.2 Å². The first-order valence-corrected chi connectivity index (χ1v) is 7.37. The molecule has 6 atom stereocenters. The molecule has 1 saturated heterocycles. The summed E-state index contributed by atoms with van der Waals surface area (Å²) in [5.41, 5.74) is 0.436.